The van der Waals surface area contributed by atoms with E-state index in [9.17, 15) is 14.0 Å². The molecule has 0 radical (unpaired) electrons. The molecule has 1 amide bonds. The molecule has 5 nitrogen and oxygen atoms in total. The molecule has 4 aromatic rings. The SMILES string of the molecule is Cc1cccc(N2C(=O)c3oc4ccc(F)cc4c(=O)c3[C@H]2c2cccc(Br)c2)n1. The molecule has 1 atom stereocenters. The second-order valence-electron chi connectivity index (χ2n) is 7.08. The van der Waals surface area contributed by atoms with Crippen LogP contribution in [0.3, 0.4) is 0 Å². The molecule has 0 N–H and O–H groups in total. The van der Waals surface area contributed by atoms with Crippen LogP contribution in [0.2, 0.25) is 0 Å². The van der Waals surface area contributed by atoms with E-state index in [0.29, 0.717) is 11.4 Å². The number of hydrogen-bond acceptors (Lipinski definition) is 4. The maximum Gasteiger partial charge on any atom is 0.296 e. The molecule has 0 aliphatic carbocycles. The van der Waals surface area contributed by atoms with Crippen LogP contribution in [0.25, 0.3) is 11.0 Å². The molecule has 3 heterocycles. The van der Waals surface area contributed by atoms with Crippen molar-refractivity contribution < 1.29 is 13.6 Å². The first-order valence-electron chi connectivity index (χ1n) is 9.23. The van der Waals surface area contributed by atoms with E-state index in [1.54, 1.807) is 12.1 Å². The molecule has 30 heavy (non-hydrogen) atoms. The Morgan fingerprint density at radius 2 is 1.87 bits per heavy atom. The summed E-state index contributed by atoms with van der Waals surface area (Å²) in [4.78, 5) is 32.7. The average molecular weight is 465 g/mol. The third-order valence-corrected chi connectivity index (χ3v) is 5.61. The number of carbonyl (C=O) groups excluding carboxylic acids is 1. The molecule has 1 aliphatic rings. The maximum atomic E-state index is 13.8. The number of carbonyl (C=O) groups is 1. The highest BCUT2D eigenvalue weighted by atomic mass is 79.9. The fourth-order valence-corrected chi connectivity index (χ4v) is 4.25. The zero-order chi connectivity index (χ0) is 21.0. The molecule has 0 spiro atoms. The lowest BCUT2D eigenvalue weighted by Crippen LogP contribution is -2.30. The van der Waals surface area contributed by atoms with E-state index in [1.807, 2.05) is 37.3 Å². The van der Waals surface area contributed by atoms with Gasteiger partial charge in [-0.05, 0) is 55.0 Å². The summed E-state index contributed by atoms with van der Waals surface area (Å²) in [6, 6.07) is 15.6. The minimum absolute atomic E-state index is 0.0487. The summed E-state index contributed by atoms with van der Waals surface area (Å²) < 4.78 is 20.4. The number of hydrogen-bond donors (Lipinski definition) is 0. The van der Waals surface area contributed by atoms with Gasteiger partial charge in [-0.25, -0.2) is 9.37 Å². The summed E-state index contributed by atoms with van der Waals surface area (Å²) in [5.41, 5.74) is 1.36. The molecular formula is C23H14BrFN2O3. The van der Waals surface area contributed by atoms with Crippen molar-refractivity contribution in [2.45, 2.75) is 13.0 Å². The maximum absolute atomic E-state index is 13.8. The fraction of sp³-hybridized carbons (Fsp3) is 0.0870. The molecule has 7 heteroatoms. The summed E-state index contributed by atoms with van der Waals surface area (Å²) >= 11 is 3.45. The van der Waals surface area contributed by atoms with Crippen LogP contribution in [0.1, 0.15) is 33.4 Å². The van der Waals surface area contributed by atoms with Crippen molar-refractivity contribution in [3.63, 3.8) is 0 Å². The molecule has 0 saturated carbocycles. The number of amides is 1. The van der Waals surface area contributed by atoms with Crippen molar-refractivity contribution in [2.24, 2.45) is 0 Å². The summed E-state index contributed by atoms with van der Waals surface area (Å²) in [6.07, 6.45) is 0. The van der Waals surface area contributed by atoms with Gasteiger partial charge >= 0.3 is 0 Å². The van der Waals surface area contributed by atoms with Gasteiger partial charge in [0.05, 0.1) is 17.0 Å². The highest BCUT2D eigenvalue weighted by molar-refractivity contribution is 9.10. The Hall–Kier alpha value is -3.32. The second kappa shape index (κ2) is 6.88. The molecular weight excluding hydrogens is 451 g/mol. The zero-order valence-electron chi connectivity index (χ0n) is 15.7. The van der Waals surface area contributed by atoms with Crippen molar-refractivity contribution >= 4 is 38.6 Å². The largest absolute Gasteiger partial charge is 0.450 e. The van der Waals surface area contributed by atoms with Crippen LogP contribution >= 0.6 is 15.9 Å². The van der Waals surface area contributed by atoms with E-state index < -0.39 is 23.2 Å². The molecule has 1 aliphatic heterocycles. The van der Waals surface area contributed by atoms with Crippen molar-refractivity contribution in [1.82, 2.24) is 4.98 Å². The topological polar surface area (TPSA) is 63.4 Å². The van der Waals surface area contributed by atoms with Crippen molar-refractivity contribution in [3.8, 4) is 0 Å². The number of rotatable bonds is 2. The summed E-state index contributed by atoms with van der Waals surface area (Å²) in [7, 11) is 0. The number of aromatic nitrogens is 1. The standard InChI is InChI=1S/C23H14BrFN2O3/c1-12-4-2-7-18(26-12)27-20(13-5-3-6-14(24)10-13)19-21(28)16-11-15(25)8-9-17(16)30-22(19)23(27)29/h2-11,20H,1H3/t20-/m1/s1. The number of nitrogens with zero attached hydrogens (tertiary/aromatic N) is 2. The van der Waals surface area contributed by atoms with E-state index in [4.69, 9.17) is 4.42 Å². The van der Waals surface area contributed by atoms with E-state index >= 15 is 0 Å². The summed E-state index contributed by atoms with van der Waals surface area (Å²) in [6.45, 7) is 1.83. The Balaban J connectivity index is 1.84. The normalized spacial score (nSPS) is 15.6. The third kappa shape index (κ3) is 2.85. The van der Waals surface area contributed by atoms with Crippen molar-refractivity contribution in [3.05, 3.63) is 104 Å². The van der Waals surface area contributed by atoms with Gasteiger partial charge in [0.1, 0.15) is 17.2 Å². The highest BCUT2D eigenvalue weighted by Gasteiger charge is 2.44. The van der Waals surface area contributed by atoms with E-state index in [2.05, 4.69) is 20.9 Å². The van der Waals surface area contributed by atoms with E-state index in [-0.39, 0.29) is 22.3 Å². The van der Waals surface area contributed by atoms with Crippen LogP contribution in [0, 0.1) is 12.7 Å². The molecule has 2 aromatic carbocycles. The van der Waals surface area contributed by atoms with Gasteiger partial charge < -0.3 is 4.42 Å². The van der Waals surface area contributed by atoms with Gasteiger partial charge in [-0.2, -0.15) is 0 Å². The van der Waals surface area contributed by atoms with Crippen LogP contribution in [-0.2, 0) is 0 Å². The predicted molar refractivity (Wildman–Crippen MR) is 114 cm³/mol. The fourth-order valence-electron chi connectivity index (χ4n) is 3.84. The Bertz CT molecular complexity index is 1400. The lowest BCUT2D eigenvalue weighted by molar-refractivity contribution is 0.0970. The molecule has 148 valence electrons. The van der Waals surface area contributed by atoms with Crippen molar-refractivity contribution in [1.29, 1.82) is 0 Å². The van der Waals surface area contributed by atoms with Gasteiger partial charge in [-0.15, -0.1) is 0 Å². The Kier molecular flexibility index (Phi) is 4.29. The third-order valence-electron chi connectivity index (χ3n) is 5.12. The quantitative estimate of drug-likeness (QED) is 0.411. The minimum Gasteiger partial charge on any atom is -0.450 e. The number of pyridine rings is 1. The van der Waals surface area contributed by atoms with Crippen LogP contribution in [-0.4, -0.2) is 10.9 Å². The van der Waals surface area contributed by atoms with Gasteiger partial charge in [-0.3, -0.25) is 14.5 Å². The van der Waals surface area contributed by atoms with E-state index in [0.717, 1.165) is 16.2 Å². The first-order chi connectivity index (χ1) is 14.4. The number of aryl methyl sites for hydroxylation is 1. The van der Waals surface area contributed by atoms with Gasteiger partial charge in [0.15, 0.2) is 5.43 Å². The van der Waals surface area contributed by atoms with Gasteiger partial charge in [0.2, 0.25) is 5.76 Å². The average Bonchev–Trinajstić information content (AvgIpc) is 3.01. The molecule has 5 rings (SSSR count). The minimum atomic E-state index is -0.747. The molecule has 0 bridgehead atoms. The van der Waals surface area contributed by atoms with Crippen LogP contribution in [0.4, 0.5) is 10.2 Å². The molecule has 0 fully saturated rings. The van der Waals surface area contributed by atoms with Gasteiger partial charge in [0, 0.05) is 10.2 Å². The van der Waals surface area contributed by atoms with Crippen LogP contribution in [0.5, 0.6) is 0 Å². The first kappa shape index (κ1) is 18.7. The van der Waals surface area contributed by atoms with Crippen molar-refractivity contribution in [2.75, 3.05) is 4.90 Å². The van der Waals surface area contributed by atoms with E-state index in [1.165, 1.54) is 17.0 Å². The summed E-state index contributed by atoms with van der Waals surface area (Å²) in [5, 5.41) is 0.0978. The zero-order valence-corrected chi connectivity index (χ0v) is 17.3. The van der Waals surface area contributed by atoms with Gasteiger partial charge in [-0.1, -0.05) is 34.1 Å². The molecule has 0 unspecified atom stereocenters. The number of anilines is 1. The Labute approximate surface area is 178 Å². The molecule has 0 saturated heterocycles. The Morgan fingerprint density at radius 3 is 2.63 bits per heavy atom. The first-order valence-corrected chi connectivity index (χ1v) is 10.0. The monoisotopic (exact) mass is 464 g/mol. The lowest BCUT2D eigenvalue weighted by atomic mass is 9.98. The number of halogens is 2. The highest BCUT2D eigenvalue weighted by Crippen LogP contribution is 2.41. The Morgan fingerprint density at radius 1 is 1.07 bits per heavy atom. The predicted octanol–water partition coefficient (Wildman–Crippen LogP) is 5.15. The number of fused-ring (bicyclic) bond motifs is 2. The van der Waals surface area contributed by atoms with Crippen LogP contribution in [0.15, 0.2) is 74.3 Å². The molecule has 2 aromatic heterocycles. The van der Waals surface area contributed by atoms with Crippen LogP contribution < -0.4 is 10.3 Å². The number of benzene rings is 2. The van der Waals surface area contributed by atoms with Gasteiger partial charge in [0.25, 0.3) is 5.91 Å². The lowest BCUT2D eigenvalue weighted by Gasteiger charge is -2.24. The smallest absolute Gasteiger partial charge is 0.296 e. The second-order valence-corrected chi connectivity index (χ2v) is 8.00. The summed E-state index contributed by atoms with van der Waals surface area (Å²) in [5.74, 6) is -0.648.